The third-order valence-corrected chi connectivity index (χ3v) is 25.6. The lowest BCUT2D eigenvalue weighted by molar-refractivity contribution is 0.768. The Balaban J connectivity index is 0.536. The summed E-state index contributed by atoms with van der Waals surface area (Å²) in [4.78, 5) is 9.55. The minimum atomic E-state index is -0.714. The molecule has 1 aliphatic rings. The molecule has 0 heterocycles. The number of hydrogen-bond donors (Lipinski definition) is 0. The summed E-state index contributed by atoms with van der Waals surface area (Å²) in [7, 11) is 0. The van der Waals surface area contributed by atoms with Crippen LogP contribution in [0.15, 0.2) is 534 Å². The van der Waals surface area contributed by atoms with Gasteiger partial charge in [0.15, 0.2) is 0 Å². The Morgan fingerprint density at radius 1 is 0.132 bits per heavy atom. The van der Waals surface area contributed by atoms with Crippen LogP contribution in [0.3, 0.4) is 0 Å². The van der Waals surface area contributed by atoms with E-state index in [1.165, 1.54) is 83.1 Å². The van der Waals surface area contributed by atoms with E-state index >= 15 is 0 Å². The van der Waals surface area contributed by atoms with Gasteiger partial charge in [-0.1, -0.05) is 394 Å². The molecule has 0 spiro atoms. The van der Waals surface area contributed by atoms with Crippen LogP contribution in [0.25, 0.3) is 111 Å². The van der Waals surface area contributed by atoms with E-state index in [0.29, 0.717) is 0 Å². The van der Waals surface area contributed by atoms with Crippen LogP contribution >= 0.6 is 0 Å². The molecule has 0 aliphatic heterocycles. The standard InChI is InChI=1S/C125H88N4/c1-8-25-89(26-9-1)92-43-45-95(46-44-92)100-59-71-110(72-60-100)126(108-37-18-6-19-38-108)111-73-63-103(64-74-111)104-65-77-114(78-66-104)127(112-69-55-98(56-70-112)90-27-10-2-11-28-90)113-75-61-101(62-76-113)96-51-47-93(48-52-96)94-49-53-97(54-50-94)102-67-81-116(82-68-102)128(115-79-57-99(58-80-115)91-29-12-3-13-30-91)117-83-85-120-121-86-84-118(129(109-39-20-7-21-40-109)124-42-24-32-105-31-22-23-41-119(105)124)88-123(121)125(122(120)87-117,106-33-14-4-15-34-106)107-35-16-5-17-36-107/h1-88H. The van der Waals surface area contributed by atoms with Crippen LogP contribution in [-0.2, 0) is 5.41 Å². The molecule has 129 heavy (non-hydrogen) atoms. The number of nitrogens with zero attached hydrogens (tertiary/aromatic N) is 4. The Hall–Kier alpha value is -16.9. The van der Waals surface area contributed by atoms with Crippen LogP contribution < -0.4 is 19.6 Å². The van der Waals surface area contributed by atoms with Crippen molar-refractivity contribution in [2.45, 2.75) is 5.41 Å². The maximum Gasteiger partial charge on any atom is 0.0715 e. The fourth-order valence-electron chi connectivity index (χ4n) is 19.1. The number of anilines is 12. The van der Waals surface area contributed by atoms with E-state index in [-0.39, 0.29) is 0 Å². The summed E-state index contributed by atoms with van der Waals surface area (Å²) in [5.74, 6) is 0. The maximum absolute atomic E-state index is 2.48. The lowest BCUT2D eigenvalue weighted by Gasteiger charge is -2.35. The van der Waals surface area contributed by atoms with Crippen molar-refractivity contribution in [2.24, 2.45) is 0 Å². The number of fused-ring (bicyclic) bond motifs is 4. The lowest BCUT2D eigenvalue weighted by Crippen LogP contribution is -2.29. The third kappa shape index (κ3) is 15.3. The normalized spacial score (nSPS) is 11.8. The van der Waals surface area contributed by atoms with Crippen LogP contribution in [0.1, 0.15) is 22.3 Å². The molecule has 0 amide bonds. The predicted octanol–water partition coefficient (Wildman–Crippen LogP) is 34.4. The molecule has 1 aliphatic carbocycles. The molecular weight excluding hydrogens is 1560 g/mol. The third-order valence-electron chi connectivity index (χ3n) is 25.6. The van der Waals surface area contributed by atoms with E-state index in [1.54, 1.807) is 0 Å². The fourth-order valence-corrected chi connectivity index (χ4v) is 19.1. The van der Waals surface area contributed by atoms with E-state index in [4.69, 9.17) is 0 Å². The zero-order chi connectivity index (χ0) is 85.8. The second-order valence-electron chi connectivity index (χ2n) is 33.1. The van der Waals surface area contributed by atoms with Crippen LogP contribution in [-0.4, -0.2) is 0 Å². The molecule has 22 rings (SSSR count). The molecule has 608 valence electrons. The highest BCUT2D eigenvalue weighted by molar-refractivity contribution is 6.01. The molecule has 4 nitrogen and oxygen atoms in total. The van der Waals surface area contributed by atoms with Crippen molar-refractivity contribution in [1.82, 2.24) is 0 Å². The smallest absolute Gasteiger partial charge is 0.0715 e. The van der Waals surface area contributed by atoms with E-state index in [9.17, 15) is 0 Å². The molecule has 0 radical (unpaired) electrons. The first-order valence-electron chi connectivity index (χ1n) is 44.3. The molecule has 4 heteroatoms. The van der Waals surface area contributed by atoms with Gasteiger partial charge in [-0.25, -0.2) is 0 Å². The first kappa shape index (κ1) is 78.1. The quantitative estimate of drug-likeness (QED) is 0.0670. The van der Waals surface area contributed by atoms with Crippen LogP contribution in [0.4, 0.5) is 68.2 Å². The Bertz CT molecular complexity index is 7410. The van der Waals surface area contributed by atoms with Gasteiger partial charge in [-0.3, -0.25) is 0 Å². The summed E-state index contributed by atoms with van der Waals surface area (Å²) in [5, 5.41) is 2.38. The van der Waals surface area contributed by atoms with Gasteiger partial charge in [-0.15, -0.1) is 0 Å². The molecule has 0 saturated carbocycles. The first-order chi connectivity index (χ1) is 63.9. The molecule has 0 saturated heterocycles. The van der Waals surface area contributed by atoms with E-state index in [1.807, 2.05) is 0 Å². The van der Waals surface area contributed by atoms with Crippen molar-refractivity contribution in [3.8, 4) is 100 Å². The highest BCUT2D eigenvalue weighted by Gasteiger charge is 2.47. The molecular formula is C125H88N4. The molecule has 0 bridgehead atoms. The molecule has 0 N–H and O–H groups in total. The maximum atomic E-state index is 2.48. The van der Waals surface area contributed by atoms with Gasteiger partial charge in [-0.2, -0.15) is 0 Å². The zero-order valence-electron chi connectivity index (χ0n) is 71.1. The lowest BCUT2D eigenvalue weighted by atomic mass is 9.67. The van der Waals surface area contributed by atoms with Crippen LogP contribution in [0, 0.1) is 0 Å². The SMILES string of the molecule is c1ccc(-c2ccc(-c3ccc(N(c4ccccc4)c4ccc(-c5ccc(N(c6ccc(-c7ccccc7)cc6)c6ccc(-c7ccc(-c8ccc(-c9ccc(N(c%10ccc(-c%11ccccc%11)cc%10)c%10ccc%11c(c%10)C(c%10ccccc%10)(c%10ccccc%10)c%10cc(N(c%12ccccc%12)c%12cccc%13ccccc%12%13)ccc%10-%11)cc9)cc8)cc7)cc6)cc5)cc4)cc3)cc2)cc1. The van der Waals surface area contributed by atoms with Crippen molar-refractivity contribution < 1.29 is 0 Å². The fraction of sp³-hybridized carbons (Fsp3) is 0.00800. The summed E-state index contributed by atoms with van der Waals surface area (Å²) in [6.45, 7) is 0. The number of benzene rings is 21. The number of para-hydroxylation sites is 2. The average Bonchev–Trinajstić information content (AvgIpc) is 1.53. The van der Waals surface area contributed by atoms with E-state index in [0.717, 1.165) is 118 Å². The van der Waals surface area contributed by atoms with Gasteiger partial charge < -0.3 is 19.6 Å². The van der Waals surface area contributed by atoms with Crippen molar-refractivity contribution in [1.29, 1.82) is 0 Å². The molecule has 0 atom stereocenters. The predicted molar refractivity (Wildman–Crippen MR) is 543 cm³/mol. The Labute approximate surface area is 755 Å². The topological polar surface area (TPSA) is 13.0 Å². The van der Waals surface area contributed by atoms with Gasteiger partial charge in [0.1, 0.15) is 0 Å². The van der Waals surface area contributed by atoms with E-state index in [2.05, 4.69) is 553 Å². The minimum absolute atomic E-state index is 0.714. The van der Waals surface area contributed by atoms with Crippen molar-refractivity contribution in [3.05, 3.63) is 556 Å². The van der Waals surface area contributed by atoms with Crippen LogP contribution in [0.5, 0.6) is 0 Å². The summed E-state index contributed by atoms with van der Waals surface area (Å²) >= 11 is 0. The van der Waals surface area contributed by atoms with Gasteiger partial charge in [0.2, 0.25) is 0 Å². The Kier molecular flexibility index (Phi) is 21.0. The van der Waals surface area contributed by atoms with Gasteiger partial charge in [-0.05, 0) is 267 Å². The first-order valence-corrected chi connectivity index (χ1v) is 44.3. The molecule has 0 aromatic heterocycles. The van der Waals surface area contributed by atoms with Gasteiger partial charge in [0, 0.05) is 67.9 Å². The van der Waals surface area contributed by atoms with Gasteiger partial charge >= 0.3 is 0 Å². The Morgan fingerprint density at radius 3 is 0.612 bits per heavy atom. The molecule has 0 fully saturated rings. The number of rotatable bonds is 22. The summed E-state index contributed by atoms with van der Waals surface area (Å²) in [6, 6.07) is 195. The number of hydrogen-bond acceptors (Lipinski definition) is 4. The van der Waals surface area contributed by atoms with E-state index < -0.39 is 5.41 Å². The van der Waals surface area contributed by atoms with Crippen molar-refractivity contribution in [2.75, 3.05) is 19.6 Å². The van der Waals surface area contributed by atoms with Crippen LogP contribution in [0.2, 0.25) is 0 Å². The summed E-state index contributed by atoms with van der Waals surface area (Å²) < 4.78 is 0. The zero-order valence-corrected chi connectivity index (χ0v) is 71.1. The summed E-state index contributed by atoms with van der Waals surface area (Å²) in [6.07, 6.45) is 0. The summed E-state index contributed by atoms with van der Waals surface area (Å²) in [5.41, 5.74) is 38.2. The monoisotopic (exact) mass is 1640 g/mol. The molecule has 21 aromatic carbocycles. The Morgan fingerprint density at radius 2 is 0.326 bits per heavy atom. The minimum Gasteiger partial charge on any atom is -0.311 e. The highest BCUT2D eigenvalue weighted by Crippen LogP contribution is 2.59. The van der Waals surface area contributed by atoms with Crippen molar-refractivity contribution >= 4 is 79.0 Å². The largest absolute Gasteiger partial charge is 0.311 e. The van der Waals surface area contributed by atoms with Crippen molar-refractivity contribution in [3.63, 3.8) is 0 Å². The average molecular weight is 1650 g/mol. The molecule has 21 aromatic rings. The highest BCUT2D eigenvalue weighted by atomic mass is 15.2. The van der Waals surface area contributed by atoms with Gasteiger partial charge in [0.25, 0.3) is 0 Å². The van der Waals surface area contributed by atoms with Gasteiger partial charge in [0.05, 0.1) is 11.1 Å². The molecule has 0 unspecified atom stereocenters. The second-order valence-corrected chi connectivity index (χ2v) is 33.1. The second kappa shape index (κ2) is 34.7.